The van der Waals surface area contributed by atoms with E-state index in [0.29, 0.717) is 19.5 Å². The van der Waals surface area contributed by atoms with Gasteiger partial charge in [-0.2, -0.15) is 0 Å². The van der Waals surface area contributed by atoms with E-state index < -0.39 is 5.97 Å². The van der Waals surface area contributed by atoms with Crippen LogP contribution in [0.4, 0.5) is 0 Å². The molecule has 19 heavy (non-hydrogen) atoms. The molecule has 1 aromatic heterocycles. The number of nitrogens with zero attached hydrogens (tertiary/aromatic N) is 4. The van der Waals surface area contributed by atoms with Gasteiger partial charge in [0.25, 0.3) is 5.91 Å². The SMILES string of the molecule is CC1CN(C(=O)c2cn(CC(=O)O)nn2)CCC1O. The molecule has 1 fully saturated rings. The summed E-state index contributed by atoms with van der Waals surface area (Å²) >= 11 is 0. The van der Waals surface area contributed by atoms with Crippen molar-refractivity contribution in [2.75, 3.05) is 13.1 Å². The lowest BCUT2D eigenvalue weighted by Gasteiger charge is -2.33. The summed E-state index contributed by atoms with van der Waals surface area (Å²) in [5.74, 6) is -1.30. The number of aliphatic carboxylic acids is 1. The molecule has 2 atom stereocenters. The quantitative estimate of drug-likeness (QED) is 0.743. The van der Waals surface area contributed by atoms with Gasteiger partial charge in [0.2, 0.25) is 0 Å². The van der Waals surface area contributed by atoms with Crippen LogP contribution in [0.5, 0.6) is 0 Å². The lowest BCUT2D eigenvalue weighted by atomic mass is 9.96. The Morgan fingerprint density at radius 2 is 2.26 bits per heavy atom. The van der Waals surface area contributed by atoms with E-state index in [0.717, 1.165) is 4.68 Å². The molecule has 0 spiro atoms. The molecule has 1 aromatic rings. The second-order valence-corrected chi connectivity index (χ2v) is 4.78. The Morgan fingerprint density at radius 3 is 2.89 bits per heavy atom. The normalized spacial score (nSPS) is 23.4. The molecular formula is C11H16N4O4. The number of amides is 1. The Balaban J connectivity index is 2.03. The maximum absolute atomic E-state index is 12.1. The minimum atomic E-state index is -1.04. The summed E-state index contributed by atoms with van der Waals surface area (Å²) in [4.78, 5) is 24.3. The summed E-state index contributed by atoms with van der Waals surface area (Å²) in [7, 11) is 0. The molecule has 2 unspecified atom stereocenters. The first-order valence-corrected chi connectivity index (χ1v) is 6.06. The number of carboxylic acid groups (broad SMARTS) is 1. The van der Waals surface area contributed by atoms with Gasteiger partial charge in [-0.15, -0.1) is 5.10 Å². The second kappa shape index (κ2) is 5.35. The van der Waals surface area contributed by atoms with Crippen LogP contribution in [0.2, 0.25) is 0 Å². The van der Waals surface area contributed by atoms with Gasteiger partial charge in [0, 0.05) is 13.1 Å². The van der Waals surface area contributed by atoms with E-state index >= 15 is 0 Å². The van der Waals surface area contributed by atoms with E-state index in [1.54, 1.807) is 4.90 Å². The van der Waals surface area contributed by atoms with Crippen LogP contribution in [-0.2, 0) is 11.3 Å². The summed E-state index contributed by atoms with van der Waals surface area (Å²) in [6.45, 7) is 2.49. The number of carbonyl (C=O) groups excluding carboxylic acids is 1. The summed E-state index contributed by atoms with van der Waals surface area (Å²) < 4.78 is 1.11. The number of piperidine rings is 1. The first kappa shape index (κ1) is 13.5. The lowest BCUT2D eigenvalue weighted by molar-refractivity contribution is -0.137. The molecule has 104 valence electrons. The molecule has 2 rings (SSSR count). The van der Waals surface area contributed by atoms with E-state index in [-0.39, 0.29) is 30.2 Å². The maximum Gasteiger partial charge on any atom is 0.325 e. The third kappa shape index (κ3) is 3.08. The topological polar surface area (TPSA) is 109 Å². The van der Waals surface area contributed by atoms with Gasteiger partial charge >= 0.3 is 5.97 Å². The lowest BCUT2D eigenvalue weighted by Crippen LogP contribution is -2.45. The molecule has 2 N–H and O–H groups in total. The van der Waals surface area contributed by atoms with Crippen molar-refractivity contribution < 1.29 is 19.8 Å². The molecule has 1 saturated heterocycles. The maximum atomic E-state index is 12.1. The van der Waals surface area contributed by atoms with Gasteiger partial charge in [0.1, 0.15) is 6.54 Å². The van der Waals surface area contributed by atoms with Crippen molar-refractivity contribution in [2.45, 2.75) is 26.0 Å². The predicted octanol–water partition coefficient (Wildman–Crippen LogP) is -0.794. The number of carbonyl (C=O) groups is 2. The molecular weight excluding hydrogens is 252 g/mol. The summed E-state index contributed by atoms with van der Waals surface area (Å²) in [6.07, 6.45) is 1.48. The van der Waals surface area contributed by atoms with Crippen LogP contribution in [0.15, 0.2) is 6.20 Å². The molecule has 1 aliphatic rings. The van der Waals surface area contributed by atoms with Crippen LogP contribution in [0.3, 0.4) is 0 Å². The highest BCUT2D eigenvalue weighted by atomic mass is 16.4. The van der Waals surface area contributed by atoms with Crippen LogP contribution in [-0.4, -0.2) is 61.2 Å². The average molecular weight is 268 g/mol. The van der Waals surface area contributed by atoms with Gasteiger partial charge in [-0.1, -0.05) is 12.1 Å². The van der Waals surface area contributed by atoms with E-state index in [9.17, 15) is 14.7 Å². The van der Waals surface area contributed by atoms with Crippen LogP contribution in [0.1, 0.15) is 23.8 Å². The van der Waals surface area contributed by atoms with Crippen LogP contribution >= 0.6 is 0 Å². The Labute approximate surface area is 109 Å². The highest BCUT2D eigenvalue weighted by Gasteiger charge is 2.29. The molecule has 1 amide bonds. The minimum absolute atomic E-state index is 0.0202. The summed E-state index contributed by atoms with van der Waals surface area (Å²) in [6, 6.07) is 0. The molecule has 0 aliphatic carbocycles. The molecule has 2 heterocycles. The van der Waals surface area contributed by atoms with Crippen molar-refractivity contribution >= 4 is 11.9 Å². The molecule has 8 nitrogen and oxygen atoms in total. The van der Waals surface area contributed by atoms with E-state index in [2.05, 4.69) is 10.3 Å². The van der Waals surface area contributed by atoms with Crippen LogP contribution < -0.4 is 0 Å². The van der Waals surface area contributed by atoms with E-state index in [1.165, 1.54) is 6.20 Å². The second-order valence-electron chi connectivity index (χ2n) is 4.78. The number of rotatable bonds is 3. The van der Waals surface area contributed by atoms with Crippen molar-refractivity contribution in [1.82, 2.24) is 19.9 Å². The molecule has 0 radical (unpaired) electrons. The standard InChI is InChI=1S/C11H16N4O4/c1-7-4-14(3-2-9(7)16)11(19)8-5-15(13-12-8)6-10(17)18/h5,7,9,16H,2-4,6H2,1H3,(H,17,18). The largest absolute Gasteiger partial charge is 0.480 e. The van der Waals surface area contributed by atoms with Crippen molar-refractivity contribution in [3.63, 3.8) is 0 Å². The predicted molar refractivity (Wildman–Crippen MR) is 63.3 cm³/mol. The van der Waals surface area contributed by atoms with Crippen molar-refractivity contribution in [1.29, 1.82) is 0 Å². The van der Waals surface area contributed by atoms with Gasteiger partial charge in [0.05, 0.1) is 12.3 Å². The molecule has 0 bridgehead atoms. The summed E-state index contributed by atoms with van der Waals surface area (Å²) in [5, 5.41) is 25.5. The third-order valence-electron chi connectivity index (χ3n) is 3.20. The highest BCUT2D eigenvalue weighted by molar-refractivity contribution is 5.92. The third-order valence-corrected chi connectivity index (χ3v) is 3.20. The van der Waals surface area contributed by atoms with Crippen LogP contribution in [0, 0.1) is 5.92 Å². The summed E-state index contributed by atoms with van der Waals surface area (Å²) in [5.41, 5.74) is 0.129. The minimum Gasteiger partial charge on any atom is -0.480 e. The van der Waals surface area contributed by atoms with Crippen molar-refractivity contribution in [2.24, 2.45) is 5.92 Å². The number of aliphatic hydroxyl groups is 1. The fourth-order valence-electron chi connectivity index (χ4n) is 2.09. The fourth-order valence-corrected chi connectivity index (χ4v) is 2.09. The van der Waals surface area contributed by atoms with Gasteiger partial charge in [0.15, 0.2) is 5.69 Å². The van der Waals surface area contributed by atoms with Crippen molar-refractivity contribution in [3.8, 4) is 0 Å². The number of carboxylic acids is 1. The zero-order valence-corrected chi connectivity index (χ0v) is 10.6. The van der Waals surface area contributed by atoms with Gasteiger partial charge in [-0.05, 0) is 12.3 Å². The number of aliphatic hydroxyl groups excluding tert-OH is 1. The zero-order valence-electron chi connectivity index (χ0n) is 10.6. The van der Waals surface area contributed by atoms with E-state index in [4.69, 9.17) is 5.11 Å². The highest BCUT2D eigenvalue weighted by Crippen LogP contribution is 2.17. The van der Waals surface area contributed by atoms with Gasteiger partial charge in [-0.25, -0.2) is 4.68 Å². The zero-order chi connectivity index (χ0) is 14.0. The number of likely N-dealkylation sites (tertiary alicyclic amines) is 1. The molecule has 8 heteroatoms. The monoisotopic (exact) mass is 268 g/mol. The number of hydrogen-bond donors (Lipinski definition) is 2. The van der Waals surface area contributed by atoms with Gasteiger partial charge in [-0.3, -0.25) is 9.59 Å². The number of hydrogen-bond acceptors (Lipinski definition) is 5. The smallest absolute Gasteiger partial charge is 0.325 e. The molecule has 0 aromatic carbocycles. The van der Waals surface area contributed by atoms with Crippen LogP contribution in [0.25, 0.3) is 0 Å². The first-order chi connectivity index (χ1) is 8.97. The number of aromatic nitrogens is 3. The van der Waals surface area contributed by atoms with Crippen molar-refractivity contribution in [3.05, 3.63) is 11.9 Å². The average Bonchev–Trinajstić information content (AvgIpc) is 2.79. The Hall–Kier alpha value is -1.96. The molecule has 1 aliphatic heterocycles. The Morgan fingerprint density at radius 1 is 1.53 bits per heavy atom. The van der Waals surface area contributed by atoms with E-state index in [1.807, 2.05) is 6.92 Å². The Kier molecular flexibility index (Phi) is 3.79. The van der Waals surface area contributed by atoms with Gasteiger partial charge < -0.3 is 15.1 Å². The molecule has 0 saturated carbocycles. The fraction of sp³-hybridized carbons (Fsp3) is 0.636. The Bertz CT molecular complexity index is 487. The first-order valence-electron chi connectivity index (χ1n) is 6.06.